The van der Waals surface area contributed by atoms with Crippen molar-refractivity contribution in [1.29, 1.82) is 0 Å². The Morgan fingerprint density at radius 1 is 0.893 bits per heavy atom. The largest absolute Gasteiger partial charge is 0.294 e. The standard InChI is InChI=1S/C14H22.C9H12OS.C2H6.CH4/c1-5-6-7-12-8-10-13(11-9-12)14(2,3)4;1-3-4-8-5-6-9(11-8)7(2)10;1-2;/h8-11H,5-7H2,1-4H3;5-6H,3-4H2,1-2H3;1-2H3;1H4. The van der Waals surface area contributed by atoms with Crippen molar-refractivity contribution in [1.82, 2.24) is 0 Å². The third-order valence-corrected chi connectivity index (χ3v) is 5.39. The van der Waals surface area contributed by atoms with Crippen molar-refractivity contribution in [2.24, 2.45) is 0 Å². The number of Topliss-reactive ketones (excluding diaryl/α,β-unsaturated/α-hetero) is 1. The molecule has 0 bridgehead atoms. The molecule has 0 saturated heterocycles. The highest BCUT2D eigenvalue weighted by Gasteiger charge is 2.12. The lowest BCUT2D eigenvalue weighted by atomic mass is 9.86. The van der Waals surface area contributed by atoms with Crippen molar-refractivity contribution in [3.63, 3.8) is 0 Å². The van der Waals surface area contributed by atoms with Crippen LogP contribution in [0.4, 0.5) is 0 Å². The Labute approximate surface area is 179 Å². The minimum Gasteiger partial charge on any atom is -0.294 e. The SMILES string of the molecule is C.CC.CCCCc1ccc(C(C)(C)C)cc1.CCCc1ccc(C(C)=O)s1. The highest BCUT2D eigenvalue weighted by Crippen LogP contribution is 2.22. The number of thiophene rings is 1. The van der Waals surface area contributed by atoms with Gasteiger partial charge in [-0.1, -0.05) is 93.0 Å². The summed E-state index contributed by atoms with van der Waals surface area (Å²) in [6.45, 7) is 16.8. The van der Waals surface area contributed by atoms with Crippen molar-refractivity contribution < 1.29 is 4.79 Å². The molecular weight excluding hydrogens is 360 g/mol. The zero-order valence-corrected chi connectivity index (χ0v) is 19.6. The number of carbonyl (C=O) groups is 1. The Hall–Kier alpha value is -1.41. The number of hydrogen-bond donors (Lipinski definition) is 0. The molecule has 160 valence electrons. The van der Waals surface area contributed by atoms with Gasteiger partial charge >= 0.3 is 0 Å². The zero-order valence-electron chi connectivity index (χ0n) is 18.8. The molecule has 1 nitrogen and oxygen atoms in total. The number of benzene rings is 1. The maximum absolute atomic E-state index is 10.9. The molecule has 0 spiro atoms. The van der Waals surface area contributed by atoms with E-state index < -0.39 is 0 Å². The minimum absolute atomic E-state index is 0. The van der Waals surface area contributed by atoms with Crippen LogP contribution in [0.25, 0.3) is 0 Å². The summed E-state index contributed by atoms with van der Waals surface area (Å²) < 4.78 is 0. The van der Waals surface area contributed by atoms with Gasteiger partial charge in [0.2, 0.25) is 0 Å². The molecule has 1 aromatic heterocycles. The summed E-state index contributed by atoms with van der Waals surface area (Å²) in [6, 6.07) is 13.0. The van der Waals surface area contributed by atoms with Crippen LogP contribution in [-0.2, 0) is 18.3 Å². The molecule has 28 heavy (non-hydrogen) atoms. The van der Waals surface area contributed by atoms with Gasteiger partial charge in [-0.05, 0) is 54.9 Å². The van der Waals surface area contributed by atoms with Crippen molar-refractivity contribution in [2.45, 2.75) is 100 Å². The first-order valence-electron chi connectivity index (χ1n) is 10.5. The Morgan fingerprint density at radius 3 is 1.86 bits per heavy atom. The molecule has 0 fully saturated rings. The predicted molar refractivity (Wildman–Crippen MR) is 130 cm³/mol. The Balaban J connectivity index is 0. The van der Waals surface area contributed by atoms with E-state index in [1.54, 1.807) is 18.3 Å². The van der Waals surface area contributed by atoms with Crippen LogP contribution >= 0.6 is 11.3 Å². The fourth-order valence-electron chi connectivity index (χ4n) is 2.50. The lowest BCUT2D eigenvalue weighted by Gasteiger charge is -2.19. The number of aryl methyl sites for hydroxylation is 2. The molecule has 0 aliphatic carbocycles. The van der Waals surface area contributed by atoms with E-state index in [4.69, 9.17) is 0 Å². The van der Waals surface area contributed by atoms with Gasteiger partial charge in [-0.3, -0.25) is 4.79 Å². The van der Waals surface area contributed by atoms with Crippen LogP contribution < -0.4 is 0 Å². The Morgan fingerprint density at radius 2 is 1.46 bits per heavy atom. The second kappa shape index (κ2) is 15.5. The first-order valence-corrected chi connectivity index (χ1v) is 11.3. The molecule has 2 aromatic rings. The van der Waals surface area contributed by atoms with E-state index in [0.717, 1.165) is 17.7 Å². The summed E-state index contributed by atoms with van der Waals surface area (Å²) >= 11 is 1.62. The van der Waals surface area contributed by atoms with Gasteiger partial charge in [-0.2, -0.15) is 0 Å². The van der Waals surface area contributed by atoms with E-state index >= 15 is 0 Å². The average Bonchev–Trinajstić information content (AvgIpc) is 3.11. The number of hydrogen-bond acceptors (Lipinski definition) is 2. The van der Waals surface area contributed by atoms with Gasteiger partial charge in [0.05, 0.1) is 4.88 Å². The van der Waals surface area contributed by atoms with Crippen LogP contribution in [0.1, 0.15) is 108 Å². The smallest absolute Gasteiger partial charge is 0.169 e. The number of unbranched alkanes of at least 4 members (excludes halogenated alkanes) is 1. The van der Waals surface area contributed by atoms with E-state index in [0.29, 0.717) is 0 Å². The van der Waals surface area contributed by atoms with Gasteiger partial charge in [0.1, 0.15) is 0 Å². The number of carbonyl (C=O) groups excluding carboxylic acids is 1. The van der Waals surface area contributed by atoms with E-state index in [1.165, 1.54) is 35.3 Å². The first-order chi connectivity index (χ1) is 12.8. The summed E-state index contributed by atoms with van der Waals surface area (Å²) in [5.74, 6) is 0.178. The van der Waals surface area contributed by atoms with Crippen LogP contribution in [0.5, 0.6) is 0 Å². The van der Waals surface area contributed by atoms with E-state index in [-0.39, 0.29) is 18.6 Å². The maximum atomic E-state index is 10.9. The third kappa shape index (κ3) is 11.4. The van der Waals surface area contributed by atoms with E-state index in [9.17, 15) is 4.79 Å². The lowest BCUT2D eigenvalue weighted by Crippen LogP contribution is -2.10. The van der Waals surface area contributed by atoms with Gasteiger partial charge in [0.15, 0.2) is 5.78 Å². The van der Waals surface area contributed by atoms with Crippen LogP contribution in [0.2, 0.25) is 0 Å². The molecule has 2 rings (SSSR count). The maximum Gasteiger partial charge on any atom is 0.169 e. The van der Waals surface area contributed by atoms with Crippen molar-refractivity contribution in [3.8, 4) is 0 Å². The fourth-order valence-corrected chi connectivity index (χ4v) is 3.50. The van der Waals surface area contributed by atoms with Crippen LogP contribution in [0, 0.1) is 0 Å². The fraction of sp³-hybridized carbons (Fsp3) is 0.577. The number of rotatable bonds is 6. The van der Waals surface area contributed by atoms with Crippen LogP contribution in [-0.4, -0.2) is 5.78 Å². The third-order valence-electron chi connectivity index (χ3n) is 4.14. The first kappa shape index (κ1) is 28.8. The summed E-state index contributed by atoms with van der Waals surface area (Å²) in [5, 5.41) is 0. The summed E-state index contributed by atoms with van der Waals surface area (Å²) in [5.41, 5.74) is 3.18. The second-order valence-electron chi connectivity index (χ2n) is 7.62. The molecule has 1 heterocycles. The van der Waals surface area contributed by atoms with Crippen molar-refractivity contribution >= 4 is 17.1 Å². The molecule has 1 aromatic carbocycles. The van der Waals surface area contributed by atoms with Crippen LogP contribution in [0.15, 0.2) is 36.4 Å². The molecular formula is C26H44OS. The van der Waals surface area contributed by atoms with Gasteiger partial charge in [-0.15, -0.1) is 11.3 Å². The quantitative estimate of drug-likeness (QED) is 0.439. The summed E-state index contributed by atoms with van der Waals surface area (Å²) in [7, 11) is 0. The molecule has 0 atom stereocenters. The normalized spacial score (nSPS) is 10.0. The van der Waals surface area contributed by atoms with Gasteiger partial charge < -0.3 is 0 Å². The molecule has 0 aliphatic heterocycles. The van der Waals surface area contributed by atoms with Crippen LogP contribution in [0.3, 0.4) is 0 Å². The monoisotopic (exact) mass is 404 g/mol. The Bertz CT molecular complexity index is 629. The predicted octanol–water partition coefficient (Wildman–Crippen LogP) is 8.89. The van der Waals surface area contributed by atoms with E-state index in [1.807, 2.05) is 26.0 Å². The summed E-state index contributed by atoms with van der Waals surface area (Å²) in [6.07, 6.45) is 6.05. The highest BCUT2D eigenvalue weighted by molar-refractivity contribution is 7.14. The molecule has 0 saturated carbocycles. The van der Waals surface area contributed by atoms with Crippen molar-refractivity contribution in [3.05, 3.63) is 57.3 Å². The lowest BCUT2D eigenvalue weighted by molar-refractivity contribution is 0.102. The molecule has 0 radical (unpaired) electrons. The summed E-state index contributed by atoms with van der Waals surface area (Å²) in [4.78, 5) is 13.1. The number of ketones is 1. The molecule has 0 unspecified atom stereocenters. The topological polar surface area (TPSA) is 17.1 Å². The second-order valence-corrected chi connectivity index (χ2v) is 8.79. The molecule has 2 heteroatoms. The molecule has 0 amide bonds. The zero-order chi connectivity index (χ0) is 20.9. The van der Waals surface area contributed by atoms with Gasteiger partial charge in [0, 0.05) is 4.88 Å². The van der Waals surface area contributed by atoms with Gasteiger partial charge in [0.25, 0.3) is 0 Å². The van der Waals surface area contributed by atoms with Crippen molar-refractivity contribution in [2.75, 3.05) is 0 Å². The Kier molecular flexibility index (Phi) is 15.9. The minimum atomic E-state index is 0. The average molecular weight is 405 g/mol. The van der Waals surface area contributed by atoms with E-state index in [2.05, 4.69) is 58.9 Å². The van der Waals surface area contributed by atoms with Gasteiger partial charge in [-0.25, -0.2) is 0 Å². The molecule has 0 N–H and O–H groups in total. The highest BCUT2D eigenvalue weighted by atomic mass is 32.1. The molecule has 0 aliphatic rings.